The number of hydrogen-bond donors (Lipinski definition) is 0. The van der Waals surface area contributed by atoms with Crippen LogP contribution in [0, 0.1) is 0 Å². The lowest BCUT2D eigenvalue weighted by molar-refractivity contribution is 0.635. The minimum atomic E-state index is -0.262. The Labute approximate surface area is 320 Å². The van der Waals surface area contributed by atoms with Crippen LogP contribution in [0.2, 0.25) is 0 Å². The number of benzene rings is 7. The maximum atomic E-state index is 4.55. The van der Waals surface area contributed by atoms with Crippen LogP contribution >= 0.6 is 0 Å². The Morgan fingerprint density at radius 1 is 0.527 bits per heavy atom. The van der Waals surface area contributed by atoms with E-state index < -0.39 is 0 Å². The molecule has 10 aromatic rings. The summed E-state index contributed by atoms with van der Waals surface area (Å²) in [6, 6.07) is 56.1. The highest BCUT2D eigenvalue weighted by Gasteiger charge is 2.28. The van der Waals surface area contributed by atoms with Crippen LogP contribution < -0.4 is 4.90 Å². The largest absolute Gasteiger partial charge is 0.310 e. The fourth-order valence-corrected chi connectivity index (χ4v) is 9.25. The molecule has 0 spiro atoms. The van der Waals surface area contributed by atoms with Gasteiger partial charge in [0.05, 0.1) is 27.6 Å². The maximum absolute atomic E-state index is 4.55. The van der Waals surface area contributed by atoms with E-state index >= 15 is 0 Å². The van der Waals surface area contributed by atoms with Gasteiger partial charge in [0, 0.05) is 60.5 Å². The molecule has 3 heteroatoms. The normalized spacial score (nSPS) is 15.5. The van der Waals surface area contributed by atoms with Crippen molar-refractivity contribution >= 4 is 77.0 Å². The van der Waals surface area contributed by atoms with Gasteiger partial charge in [-0.3, -0.25) is 0 Å². The van der Waals surface area contributed by atoms with Crippen molar-refractivity contribution < 1.29 is 0 Å². The third-order valence-corrected chi connectivity index (χ3v) is 12.1. The van der Waals surface area contributed by atoms with E-state index in [0.29, 0.717) is 0 Å². The van der Waals surface area contributed by atoms with Crippen molar-refractivity contribution in [1.82, 2.24) is 8.97 Å². The zero-order valence-corrected chi connectivity index (χ0v) is 31.0. The molecule has 0 unspecified atom stereocenters. The number of rotatable bonds is 4. The predicted molar refractivity (Wildman–Crippen MR) is 234 cm³/mol. The molecular weight excluding hydrogens is 667 g/mol. The van der Waals surface area contributed by atoms with Crippen molar-refractivity contribution in [2.75, 3.05) is 4.90 Å². The van der Waals surface area contributed by atoms with Crippen LogP contribution in [0.25, 0.3) is 65.6 Å². The molecule has 0 aliphatic heterocycles. The Morgan fingerprint density at radius 3 is 1.96 bits per heavy atom. The maximum Gasteiger partial charge on any atom is 0.0620 e. The minimum absolute atomic E-state index is 0.262. The van der Waals surface area contributed by atoms with Gasteiger partial charge in [-0.25, -0.2) is 0 Å². The summed E-state index contributed by atoms with van der Waals surface area (Å²) in [4.78, 5) is 2.46. The second kappa shape index (κ2) is 11.8. The van der Waals surface area contributed by atoms with E-state index in [0.717, 1.165) is 34.7 Å². The van der Waals surface area contributed by atoms with Gasteiger partial charge in [-0.1, -0.05) is 130 Å². The molecule has 0 radical (unpaired) electrons. The van der Waals surface area contributed by atoms with Crippen molar-refractivity contribution in [2.45, 2.75) is 25.7 Å². The van der Waals surface area contributed by atoms with Crippen LogP contribution in [0.1, 0.15) is 25.0 Å². The van der Waals surface area contributed by atoms with Gasteiger partial charge in [-0.05, 0) is 89.9 Å². The van der Waals surface area contributed by atoms with E-state index in [1.807, 2.05) is 0 Å². The zero-order valence-electron chi connectivity index (χ0n) is 31.0. The number of anilines is 3. The van der Waals surface area contributed by atoms with E-state index in [1.54, 1.807) is 0 Å². The van der Waals surface area contributed by atoms with E-state index in [1.165, 1.54) is 71.0 Å². The van der Waals surface area contributed by atoms with Crippen molar-refractivity contribution in [3.8, 4) is 5.69 Å². The lowest BCUT2D eigenvalue weighted by atomic mass is 9.75. The number of fused-ring (bicyclic) bond motifs is 10. The lowest BCUT2D eigenvalue weighted by Gasteiger charge is -2.32. The van der Waals surface area contributed by atoms with Crippen LogP contribution in [0.3, 0.4) is 0 Å². The van der Waals surface area contributed by atoms with Crippen LogP contribution in [0.4, 0.5) is 17.1 Å². The third-order valence-electron chi connectivity index (χ3n) is 12.1. The molecule has 0 fully saturated rings. The highest BCUT2D eigenvalue weighted by Crippen LogP contribution is 2.45. The smallest absolute Gasteiger partial charge is 0.0620 e. The third kappa shape index (κ3) is 4.63. The van der Waals surface area contributed by atoms with E-state index in [2.05, 4.69) is 210 Å². The minimum Gasteiger partial charge on any atom is -0.310 e. The van der Waals surface area contributed by atoms with Gasteiger partial charge < -0.3 is 13.9 Å². The molecule has 1 aliphatic rings. The monoisotopic (exact) mass is 705 g/mol. The molecule has 0 saturated carbocycles. The summed E-state index contributed by atoms with van der Waals surface area (Å²) < 4.78 is 4.86. The average Bonchev–Trinajstić information content (AvgIpc) is 3.87. The first-order chi connectivity index (χ1) is 27.0. The molecule has 7 aromatic carbocycles. The molecule has 11 rings (SSSR count). The second-order valence-corrected chi connectivity index (χ2v) is 15.5. The first-order valence-corrected chi connectivity index (χ1v) is 19.2. The van der Waals surface area contributed by atoms with Crippen LogP contribution in [0.5, 0.6) is 0 Å². The molecule has 0 bridgehead atoms. The molecule has 0 amide bonds. The van der Waals surface area contributed by atoms with Crippen molar-refractivity contribution in [2.24, 2.45) is 0 Å². The fourth-order valence-electron chi connectivity index (χ4n) is 9.25. The topological polar surface area (TPSA) is 12.6 Å². The number of nitrogens with zero attached hydrogens (tertiary/aromatic N) is 3. The average molecular weight is 706 g/mol. The van der Waals surface area contributed by atoms with Crippen LogP contribution in [-0.4, -0.2) is 8.97 Å². The lowest BCUT2D eigenvalue weighted by Crippen LogP contribution is -2.21. The summed E-state index contributed by atoms with van der Waals surface area (Å²) in [6.07, 6.45) is 9.54. The number of hydrogen-bond acceptors (Lipinski definition) is 1. The highest BCUT2D eigenvalue weighted by molar-refractivity contribution is 6.23. The first-order valence-electron chi connectivity index (χ1n) is 19.2. The molecule has 0 saturated heterocycles. The molecule has 262 valence electrons. The molecule has 0 N–H and O–H groups in total. The molecule has 55 heavy (non-hydrogen) atoms. The van der Waals surface area contributed by atoms with E-state index in [-0.39, 0.29) is 5.41 Å². The van der Waals surface area contributed by atoms with Crippen LogP contribution in [-0.2, 0) is 11.8 Å². The second-order valence-electron chi connectivity index (χ2n) is 15.5. The predicted octanol–water partition coefficient (Wildman–Crippen LogP) is 13.9. The number of para-hydroxylation sites is 4. The van der Waals surface area contributed by atoms with Crippen molar-refractivity contribution in [3.05, 3.63) is 199 Å². The van der Waals surface area contributed by atoms with Gasteiger partial charge in [-0.15, -0.1) is 0 Å². The van der Waals surface area contributed by atoms with E-state index in [4.69, 9.17) is 0 Å². The molecule has 1 aliphatic carbocycles. The zero-order chi connectivity index (χ0) is 36.8. The summed E-state index contributed by atoms with van der Waals surface area (Å²) in [5.41, 5.74) is 14.1. The molecule has 3 nitrogen and oxygen atoms in total. The first kappa shape index (κ1) is 31.7. The molecule has 3 heterocycles. The standard InChI is InChI=1S/C52H39N3/c1-34-15-6-4-7-16-35-25-26-38(32-46(35)52(34,2)3)53(37-28-30-49-45(31-37)41-20-11-12-23-47(41)54(49)36-17-8-5-9-18-36)39-27-29-42-44-22-14-21-43-40-19-10-13-24-48(40)55(51(43)44)50(42)33-39/h4-15,17-33H,1,16H2,2-3H3/b7-4-,15-6-. The Balaban J connectivity index is 1.20. The summed E-state index contributed by atoms with van der Waals surface area (Å²) in [5, 5.41) is 7.60. The molecular formula is C52H39N3. The Bertz CT molecular complexity index is 3220. The Hall–Kier alpha value is -6.84. The van der Waals surface area contributed by atoms with Gasteiger partial charge >= 0.3 is 0 Å². The fraction of sp³-hybridized carbons (Fsp3) is 0.0769. The van der Waals surface area contributed by atoms with Gasteiger partial charge in [0.15, 0.2) is 0 Å². The van der Waals surface area contributed by atoms with Crippen LogP contribution in [0.15, 0.2) is 188 Å². The highest BCUT2D eigenvalue weighted by atomic mass is 15.1. The summed E-state index contributed by atoms with van der Waals surface area (Å²) in [7, 11) is 0. The quantitative estimate of drug-likeness (QED) is 0.178. The van der Waals surface area contributed by atoms with Gasteiger partial charge in [-0.2, -0.15) is 0 Å². The SMILES string of the molecule is C=C1/C=C\C=C/Cc2ccc(N(c3ccc4c(c3)c3ccccc3n4-c3ccccc3)c3ccc4c5cccc6c7ccccc7n(c4c3)c65)cc2C1(C)C. The summed E-state index contributed by atoms with van der Waals surface area (Å²) in [6.45, 7) is 9.15. The number of allylic oxidation sites excluding steroid dienone is 5. The Kier molecular flexibility index (Phi) is 6.81. The summed E-state index contributed by atoms with van der Waals surface area (Å²) in [5.74, 6) is 0. The number of aromatic nitrogens is 2. The van der Waals surface area contributed by atoms with E-state index in [9.17, 15) is 0 Å². The van der Waals surface area contributed by atoms with Gasteiger partial charge in [0.2, 0.25) is 0 Å². The van der Waals surface area contributed by atoms with Gasteiger partial charge in [0.1, 0.15) is 0 Å². The molecule has 3 aromatic heterocycles. The Morgan fingerprint density at radius 2 is 1.15 bits per heavy atom. The van der Waals surface area contributed by atoms with Crippen molar-refractivity contribution in [1.29, 1.82) is 0 Å². The molecule has 0 atom stereocenters. The van der Waals surface area contributed by atoms with Gasteiger partial charge in [0.25, 0.3) is 0 Å². The van der Waals surface area contributed by atoms with Crippen molar-refractivity contribution in [3.63, 3.8) is 0 Å². The summed E-state index contributed by atoms with van der Waals surface area (Å²) >= 11 is 0.